The molecule has 0 radical (unpaired) electrons. The predicted octanol–water partition coefficient (Wildman–Crippen LogP) is 11.4. The third-order valence-corrected chi connectivity index (χ3v) is 16.2. The molecule has 7 atom stereocenters. The summed E-state index contributed by atoms with van der Waals surface area (Å²) < 4.78 is 86.9. The quantitative estimate of drug-likeness (QED) is 0.0179. The Morgan fingerprint density at radius 1 is 0.776 bits per heavy atom. The summed E-state index contributed by atoms with van der Waals surface area (Å²) in [6.45, 7) is 2.33. The average Bonchev–Trinajstić information content (AvgIpc) is 3.60. The van der Waals surface area contributed by atoms with Crippen LogP contribution < -0.4 is 0 Å². The number of fused-ring (bicyclic) bond motifs is 5. The van der Waals surface area contributed by atoms with Crippen LogP contribution in [-0.2, 0) is 55.8 Å². The summed E-state index contributed by atoms with van der Waals surface area (Å²) >= 11 is -1.40. The number of phenolic OH excluding ortho intramolecular Hbond substituents is 1. The molecule has 0 saturated heterocycles. The zero-order valence-corrected chi connectivity index (χ0v) is 40.1. The number of ether oxygens (including phenoxy) is 2. The Hall–Kier alpha value is -3.40. The number of esters is 2. The first-order valence-electron chi connectivity index (χ1n) is 24.8. The summed E-state index contributed by atoms with van der Waals surface area (Å²) in [5, 5.41) is 10.4. The number of carbonyl (C=O) groups excluding carboxylic acids is 6. The van der Waals surface area contributed by atoms with Crippen molar-refractivity contribution < 1.29 is 69.9 Å². The normalized spacial score (nSPS) is 22.9. The summed E-state index contributed by atoms with van der Waals surface area (Å²) in [5.41, 5.74) is 2.50. The van der Waals surface area contributed by atoms with E-state index >= 15 is 0 Å². The van der Waals surface area contributed by atoms with Crippen molar-refractivity contribution in [2.45, 2.75) is 211 Å². The van der Waals surface area contributed by atoms with E-state index in [4.69, 9.17) is 9.47 Å². The van der Waals surface area contributed by atoms with Gasteiger partial charge in [-0.2, -0.15) is 22.0 Å². The van der Waals surface area contributed by atoms with Gasteiger partial charge in [0.05, 0.1) is 12.8 Å². The number of aldehydes is 2. The second-order valence-corrected chi connectivity index (χ2v) is 21.4. The second-order valence-electron chi connectivity index (χ2n) is 19.7. The second kappa shape index (κ2) is 27.7. The Balaban J connectivity index is 1.12. The molecule has 4 rings (SSSR count). The number of carbonyl (C=O) groups is 6. The molecule has 0 heterocycles. The minimum Gasteiger partial charge on any atom is -0.616 e. The van der Waals surface area contributed by atoms with E-state index < -0.39 is 72.6 Å². The van der Waals surface area contributed by atoms with Crippen molar-refractivity contribution in [2.75, 3.05) is 11.5 Å². The van der Waals surface area contributed by atoms with Crippen LogP contribution >= 0.6 is 0 Å². The summed E-state index contributed by atoms with van der Waals surface area (Å²) in [6.07, 6.45) is 10.8. The van der Waals surface area contributed by atoms with E-state index in [0.717, 1.165) is 122 Å². The number of halogens is 5. The molecule has 1 unspecified atom stereocenters. The Morgan fingerprint density at radius 3 is 1.93 bits per heavy atom. The van der Waals surface area contributed by atoms with Crippen molar-refractivity contribution in [3.63, 3.8) is 0 Å². The summed E-state index contributed by atoms with van der Waals surface area (Å²) in [4.78, 5) is 69.6. The molecule has 2 fully saturated rings. The smallest absolute Gasteiger partial charge is 0.453 e. The monoisotopic (exact) mass is 972 g/mol. The number of unbranched alkanes of at least 4 members (excludes halogenated alkanes) is 13. The number of alkyl halides is 5. The van der Waals surface area contributed by atoms with Gasteiger partial charge < -0.3 is 19.1 Å². The third kappa shape index (κ3) is 17.8. The molecule has 0 aromatic heterocycles. The van der Waals surface area contributed by atoms with Crippen molar-refractivity contribution >= 4 is 47.3 Å². The third-order valence-electron chi connectivity index (χ3n) is 14.7. The Kier molecular flexibility index (Phi) is 23.2. The SMILES string of the molecule is C[C@]12CC[C@@H]3c4ccc(O)cc4C[C@@H](CCCCCCCCC[S+]([O-])CCCC(F)(F)C(F)(F)F)[C@H]3[C@@H]1CC[C@@H]2OC(=O)CCCCCCCCCCC(=O)OC(CC(=O)C=O)CC(=O)C=O. The zero-order valence-electron chi connectivity index (χ0n) is 39.3. The van der Waals surface area contributed by atoms with Crippen LogP contribution in [0.4, 0.5) is 22.0 Å². The van der Waals surface area contributed by atoms with Crippen molar-refractivity contribution in [2.24, 2.45) is 23.2 Å². The Labute approximate surface area is 396 Å². The molecule has 10 nitrogen and oxygen atoms in total. The van der Waals surface area contributed by atoms with Crippen molar-refractivity contribution in [3.05, 3.63) is 29.3 Å². The van der Waals surface area contributed by atoms with E-state index in [1.54, 1.807) is 6.07 Å². The van der Waals surface area contributed by atoms with Crippen LogP contribution in [0.15, 0.2) is 18.2 Å². The van der Waals surface area contributed by atoms with Gasteiger partial charge in [0.25, 0.3) is 0 Å². The fraction of sp³-hybridized carbons (Fsp3) is 0.765. The van der Waals surface area contributed by atoms with Crippen LogP contribution in [0.25, 0.3) is 0 Å². The van der Waals surface area contributed by atoms with Gasteiger partial charge in [0.2, 0.25) is 0 Å². The summed E-state index contributed by atoms with van der Waals surface area (Å²) in [5.74, 6) is -4.85. The highest BCUT2D eigenvalue weighted by Gasteiger charge is 2.58. The number of ketones is 2. The largest absolute Gasteiger partial charge is 0.616 e. The molecule has 0 spiro atoms. The molecule has 3 aliphatic carbocycles. The molecular formula is C51H73F5O10S. The maximum atomic E-state index is 13.2. The van der Waals surface area contributed by atoms with Gasteiger partial charge in [-0.1, -0.05) is 94.8 Å². The van der Waals surface area contributed by atoms with Gasteiger partial charge in [0.15, 0.2) is 24.1 Å². The molecule has 3 aliphatic rings. The lowest BCUT2D eigenvalue weighted by Gasteiger charge is -2.53. The molecule has 0 aliphatic heterocycles. The van der Waals surface area contributed by atoms with E-state index in [9.17, 15) is 60.4 Å². The highest BCUT2D eigenvalue weighted by Crippen LogP contribution is 2.63. The maximum absolute atomic E-state index is 13.2. The number of hydrogen-bond donors (Lipinski definition) is 1. The van der Waals surface area contributed by atoms with Gasteiger partial charge >= 0.3 is 24.0 Å². The van der Waals surface area contributed by atoms with Gasteiger partial charge in [-0.25, -0.2) is 0 Å². The van der Waals surface area contributed by atoms with E-state index in [1.807, 2.05) is 6.07 Å². The lowest BCUT2D eigenvalue weighted by molar-refractivity contribution is -0.284. The maximum Gasteiger partial charge on any atom is 0.453 e. The minimum absolute atomic E-state index is 0.0927. The average molecular weight is 973 g/mol. The predicted molar refractivity (Wildman–Crippen MR) is 244 cm³/mol. The molecule has 0 amide bonds. The number of Topliss-reactive ketones (excluding diaryl/α,β-unsaturated/α-hetero) is 2. The van der Waals surface area contributed by atoms with E-state index in [1.165, 1.54) is 11.1 Å². The van der Waals surface area contributed by atoms with Crippen molar-refractivity contribution in [1.82, 2.24) is 0 Å². The molecule has 16 heteroatoms. The zero-order chi connectivity index (χ0) is 49.0. The van der Waals surface area contributed by atoms with Crippen LogP contribution in [0.3, 0.4) is 0 Å². The molecular weight excluding hydrogens is 900 g/mol. The van der Waals surface area contributed by atoms with E-state index in [-0.39, 0.29) is 42.2 Å². The van der Waals surface area contributed by atoms with Gasteiger partial charge in [-0.05, 0) is 118 Å². The molecule has 67 heavy (non-hydrogen) atoms. The van der Waals surface area contributed by atoms with Gasteiger partial charge in [0.1, 0.15) is 29.5 Å². The molecule has 1 aromatic carbocycles. The van der Waals surface area contributed by atoms with Crippen LogP contribution in [0.2, 0.25) is 0 Å². The Morgan fingerprint density at radius 2 is 1.33 bits per heavy atom. The number of rotatable bonds is 33. The number of hydrogen-bond acceptors (Lipinski definition) is 10. The van der Waals surface area contributed by atoms with Crippen molar-refractivity contribution in [3.8, 4) is 5.75 Å². The van der Waals surface area contributed by atoms with Crippen LogP contribution in [-0.4, -0.2) is 81.5 Å². The molecule has 2 saturated carbocycles. The summed E-state index contributed by atoms with van der Waals surface area (Å²) in [6, 6.07) is 5.85. The molecule has 378 valence electrons. The molecule has 1 N–H and O–H groups in total. The fourth-order valence-corrected chi connectivity index (χ4v) is 12.4. The Bertz CT molecular complexity index is 1740. The molecule has 0 bridgehead atoms. The van der Waals surface area contributed by atoms with Gasteiger partial charge in [-0.15, -0.1) is 0 Å². The molecule has 1 aromatic rings. The number of aromatic hydroxyl groups is 1. The number of benzene rings is 1. The topological polar surface area (TPSA) is 164 Å². The first-order chi connectivity index (χ1) is 31.9. The van der Waals surface area contributed by atoms with E-state index in [0.29, 0.717) is 54.4 Å². The minimum atomic E-state index is -5.58. The first kappa shape index (κ1) is 56.2. The van der Waals surface area contributed by atoms with Crippen LogP contribution in [0, 0.1) is 23.2 Å². The van der Waals surface area contributed by atoms with Gasteiger partial charge in [-0.3, -0.25) is 28.8 Å². The van der Waals surface area contributed by atoms with Crippen LogP contribution in [0.5, 0.6) is 5.75 Å². The van der Waals surface area contributed by atoms with Crippen molar-refractivity contribution in [1.29, 1.82) is 0 Å². The van der Waals surface area contributed by atoms with Gasteiger partial charge in [0, 0.05) is 24.7 Å². The lowest BCUT2D eigenvalue weighted by Crippen LogP contribution is -2.48. The van der Waals surface area contributed by atoms with E-state index in [2.05, 4.69) is 13.0 Å². The highest BCUT2D eigenvalue weighted by atomic mass is 32.2. The van der Waals surface area contributed by atoms with Crippen LogP contribution in [0.1, 0.15) is 191 Å². The highest BCUT2D eigenvalue weighted by molar-refractivity contribution is 7.91. The fourth-order valence-electron chi connectivity index (χ4n) is 11.2. The standard InChI is InChI=1S/C51H73F5O10S/c1-49-27-25-43-42-22-21-38(59)31-37(42)30-36(18-13-9-5-4-8-12-16-28-67(64)29-17-26-50(52,53)51(54,55)56)48(43)44(49)23-24-45(49)66-47(63)20-15-11-7-3-2-6-10-14-19-46(62)65-41(32-39(60)34-57)33-40(61)35-58/h21-22,31,34-36,41,43-45,48,59H,2-20,23-30,32-33H2,1H3/t36-,43-,44+,45+,48-,49+,67?/m1/s1. The lowest BCUT2D eigenvalue weighted by atomic mass is 9.52. The summed E-state index contributed by atoms with van der Waals surface area (Å²) in [7, 11) is 0. The number of phenols is 1. The first-order valence-corrected chi connectivity index (χ1v) is 26.3.